The number of hydrogen-bond acceptors (Lipinski definition) is 4. The van der Waals surface area contributed by atoms with Gasteiger partial charge in [-0.2, -0.15) is 0 Å². The molecule has 2 saturated heterocycles. The number of piperidine rings is 1. The highest BCUT2D eigenvalue weighted by atomic mass is 16.7. The average Bonchev–Trinajstić information content (AvgIpc) is 2.90. The van der Waals surface area contributed by atoms with Crippen LogP contribution in [0, 0.1) is 5.92 Å². The number of amides is 1. The third-order valence-electron chi connectivity index (χ3n) is 4.90. The first kappa shape index (κ1) is 14.3. The molecule has 0 aromatic rings. The van der Waals surface area contributed by atoms with E-state index in [0.717, 1.165) is 45.1 Å². The molecule has 2 N–H and O–H groups in total. The second kappa shape index (κ2) is 6.00. The number of carbonyl (C=O) groups excluding carboxylic acids is 1. The van der Waals surface area contributed by atoms with Crippen LogP contribution in [-0.4, -0.2) is 43.5 Å². The number of ether oxygens (including phenoxy) is 2. The molecule has 1 spiro atoms. The second-order valence-electron chi connectivity index (χ2n) is 6.47. The lowest BCUT2D eigenvalue weighted by Crippen LogP contribution is -2.48. The molecule has 5 heteroatoms. The number of hydrogen-bond donors (Lipinski definition) is 2. The van der Waals surface area contributed by atoms with Gasteiger partial charge >= 0.3 is 0 Å². The van der Waals surface area contributed by atoms with Crippen LogP contribution in [0.4, 0.5) is 0 Å². The lowest BCUT2D eigenvalue weighted by atomic mass is 9.88. The molecule has 20 heavy (non-hydrogen) atoms. The summed E-state index contributed by atoms with van der Waals surface area (Å²) < 4.78 is 11.4. The fourth-order valence-corrected chi connectivity index (χ4v) is 3.68. The predicted molar refractivity (Wildman–Crippen MR) is 75.2 cm³/mol. The number of nitrogens with one attached hydrogen (secondary N) is 2. The van der Waals surface area contributed by atoms with Crippen molar-refractivity contribution in [1.82, 2.24) is 10.6 Å². The maximum Gasteiger partial charge on any atom is 0.223 e. The van der Waals surface area contributed by atoms with Gasteiger partial charge in [-0.3, -0.25) is 4.79 Å². The van der Waals surface area contributed by atoms with Gasteiger partial charge in [0.05, 0.1) is 13.2 Å². The Hall–Kier alpha value is -0.650. The van der Waals surface area contributed by atoms with E-state index in [2.05, 4.69) is 17.6 Å². The van der Waals surface area contributed by atoms with Crippen molar-refractivity contribution in [2.24, 2.45) is 5.92 Å². The largest absolute Gasteiger partial charge is 0.353 e. The first-order chi connectivity index (χ1) is 9.67. The molecule has 3 rings (SSSR count). The SMILES string of the molecule is C[C@H]1C[C@@H](C(=O)NC2CCC3(CC2)OCCO3)CCN1. The number of rotatable bonds is 2. The van der Waals surface area contributed by atoms with Gasteiger partial charge in [-0.25, -0.2) is 0 Å². The van der Waals surface area contributed by atoms with Gasteiger partial charge in [-0.05, 0) is 39.2 Å². The van der Waals surface area contributed by atoms with E-state index in [0.29, 0.717) is 25.3 Å². The van der Waals surface area contributed by atoms with E-state index in [1.807, 2.05) is 0 Å². The van der Waals surface area contributed by atoms with E-state index in [9.17, 15) is 4.79 Å². The lowest BCUT2D eigenvalue weighted by Gasteiger charge is -2.36. The minimum Gasteiger partial charge on any atom is -0.353 e. The molecule has 0 aromatic heterocycles. The Morgan fingerprint density at radius 1 is 1.20 bits per heavy atom. The fraction of sp³-hybridized carbons (Fsp3) is 0.933. The van der Waals surface area contributed by atoms with E-state index in [1.165, 1.54) is 0 Å². The minimum atomic E-state index is -0.329. The molecule has 1 aliphatic carbocycles. The zero-order chi connectivity index (χ0) is 14.0. The summed E-state index contributed by atoms with van der Waals surface area (Å²) in [4.78, 5) is 12.3. The summed E-state index contributed by atoms with van der Waals surface area (Å²) in [6.45, 7) is 4.53. The first-order valence-corrected chi connectivity index (χ1v) is 7.99. The molecule has 0 bridgehead atoms. The Kier molecular flexibility index (Phi) is 4.29. The van der Waals surface area contributed by atoms with Crippen LogP contribution in [0.2, 0.25) is 0 Å². The highest BCUT2D eigenvalue weighted by Gasteiger charge is 2.40. The van der Waals surface area contributed by atoms with Gasteiger partial charge in [-0.15, -0.1) is 0 Å². The maximum absolute atomic E-state index is 12.3. The monoisotopic (exact) mass is 282 g/mol. The van der Waals surface area contributed by atoms with Crippen LogP contribution in [0.1, 0.15) is 45.4 Å². The van der Waals surface area contributed by atoms with Crippen LogP contribution in [0.3, 0.4) is 0 Å². The second-order valence-corrected chi connectivity index (χ2v) is 6.47. The first-order valence-electron chi connectivity index (χ1n) is 7.99. The van der Waals surface area contributed by atoms with Gasteiger partial charge in [0, 0.05) is 30.8 Å². The molecule has 2 heterocycles. The zero-order valence-electron chi connectivity index (χ0n) is 12.3. The fourth-order valence-electron chi connectivity index (χ4n) is 3.68. The van der Waals surface area contributed by atoms with Crippen molar-refractivity contribution in [1.29, 1.82) is 0 Å². The van der Waals surface area contributed by atoms with Gasteiger partial charge in [0.25, 0.3) is 0 Å². The van der Waals surface area contributed by atoms with Crippen LogP contribution in [-0.2, 0) is 14.3 Å². The van der Waals surface area contributed by atoms with E-state index in [-0.39, 0.29) is 17.6 Å². The van der Waals surface area contributed by atoms with E-state index in [1.54, 1.807) is 0 Å². The van der Waals surface area contributed by atoms with Gasteiger partial charge < -0.3 is 20.1 Å². The van der Waals surface area contributed by atoms with Crippen molar-refractivity contribution >= 4 is 5.91 Å². The zero-order valence-corrected chi connectivity index (χ0v) is 12.3. The van der Waals surface area contributed by atoms with Crippen molar-refractivity contribution in [2.75, 3.05) is 19.8 Å². The Morgan fingerprint density at radius 2 is 1.90 bits per heavy atom. The molecular weight excluding hydrogens is 256 g/mol. The Balaban J connectivity index is 1.45. The van der Waals surface area contributed by atoms with E-state index in [4.69, 9.17) is 9.47 Å². The highest BCUT2D eigenvalue weighted by Crippen LogP contribution is 2.35. The van der Waals surface area contributed by atoms with Crippen LogP contribution in [0.15, 0.2) is 0 Å². The van der Waals surface area contributed by atoms with Crippen molar-refractivity contribution in [3.05, 3.63) is 0 Å². The molecule has 0 radical (unpaired) electrons. The molecule has 5 nitrogen and oxygen atoms in total. The smallest absolute Gasteiger partial charge is 0.223 e. The van der Waals surface area contributed by atoms with Gasteiger partial charge in [0.1, 0.15) is 0 Å². The molecule has 3 aliphatic rings. The number of carbonyl (C=O) groups is 1. The molecular formula is C15H26N2O3. The van der Waals surface area contributed by atoms with E-state index < -0.39 is 0 Å². The molecule has 2 atom stereocenters. The Morgan fingerprint density at radius 3 is 2.55 bits per heavy atom. The molecule has 1 saturated carbocycles. The minimum absolute atomic E-state index is 0.182. The van der Waals surface area contributed by atoms with Crippen LogP contribution in [0.25, 0.3) is 0 Å². The molecule has 0 aromatic carbocycles. The van der Waals surface area contributed by atoms with Crippen molar-refractivity contribution < 1.29 is 14.3 Å². The molecule has 3 fully saturated rings. The van der Waals surface area contributed by atoms with Crippen LogP contribution in [0.5, 0.6) is 0 Å². The van der Waals surface area contributed by atoms with Gasteiger partial charge in [0.15, 0.2) is 5.79 Å². The third kappa shape index (κ3) is 3.15. The molecule has 2 aliphatic heterocycles. The van der Waals surface area contributed by atoms with Crippen molar-refractivity contribution in [3.8, 4) is 0 Å². The van der Waals surface area contributed by atoms with Crippen LogP contribution < -0.4 is 10.6 Å². The average molecular weight is 282 g/mol. The summed E-state index contributed by atoms with van der Waals surface area (Å²) in [6.07, 6.45) is 5.65. The van der Waals surface area contributed by atoms with Gasteiger partial charge in [0.2, 0.25) is 5.91 Å². The maximum atomic E-state index is 12.3. The van der Waals surface area contributed by atoms with Crippen LogP contribution >= 0.6 is 0 Å². The third-order valence-corrected chi connectivity index (χ3v) is 4.90. The Bertz CT molecular complexity index is 345. The van der Waals surface area contributed by atoms with Crippen molar-refractivity contribution in [3.63, 3.8) is 0 Å². The topological polar surface area (TPSA) is 59.6 Å². The molecule has 0 unspecified atom stereocenters. The quantitative estimate of drug-likeness (QED) is 0.798. The predicted octanol–water partition coefficient (Wildman–Crippen LogP) is 1.18. The highest BCUT2D eigenvalue weighted by molar-refractivity contribution is 5.79. The summed E-state index contributed by atoms with van der Waals surface area (Å²) in [6, 6.07) is 0.750. The normalized spacial score (nSPS) is 34.2. The summed E-state index contributed by atoms with van der Waals surface area (Å²) >= 11 is 0. The lowest BCUT2D eigenvalue weighted by molar-refractivity contribution is -0.180. The molecule has 1 amide bonds. The summed E-state index contributed by atoms with van der Waals surface area (Å²) in [7, 11) is 0. The summed E-state index contributed by atoms with van der Waals surface area (Å²) in [5, 5.41) is 6.63. The summed E-state index contributed by atoms with van der Waals surface area (Å²) in [5.41, 5.74) is 0. The Labute approximate surface area is 120 Å². The summed E-state index contributed by atoms with van der Waals surface area (Å²) in [5.74, 6) is 0.0958. The van der Waals surface area contributed by atoms with E-state index >= 15 is 0 Å². The molecule has 114 valence electrons. The van der Waals surface area contributed by atoms with Crippen molar-refractivity contribution in [2.45, 2.75) is 63.3 Å². The standard InChI is InChI=1S/C15H26N2O3/c1-11-10-12(4-7-16-11)14(18)17-13-2-5-15(6-3-13)19-8-9-20-15/h11-13,16H,2-10H2,1H3,(H,17,18)/t11-,12-/m0/s1. The van der Waals surface area contributed by atoms with Gasteiger partial charge in [-0.1, -0.05) is 0 Å².